The molecular weight excluding hydrogens is 448 g/mol. The third-order valence-corrected chi connectivity index (χ3v) is 6.63. The highest BCUT2D eigenvalue weighted by molar-refractivity contribution is 5.90. The molecule has 4 heterocycles. The number of fused-ring (bicyclic) bond motifs is 2. The number of nitrogens with zero attached hydrogens (tertiary/aromatic N) is 2. The fraction of sp³-hybridized carbons (Fsp3) is 0.172. The van der Waals surface area contributed by atoms with E-state index in [9.17, 15) is 0 Å². The van der Waals surface area contributed by atoms with Gasteiger partial charge >= 0.3 is 0 Å². The molecule has 0 radical (unpaired) electrons. The Morgan fingerprint density at radius 2 is 1.92 bits per heavy atom. The van der Waals surface area contributed by atoms with Crippen molar-refractivity contribution >= 4 is 21.8 Å². The van der Waals surface area contributed by atoms with Gasteiger partial charge in [-0.25, -0.2) is 0 Å². The maximum absolute atomic E-state index is 6.47. The molecule has 5 N–H and O–H groups in total. The maximum Gasteiger partial charge on any atom is 0.138 e. The first-order valence-corrected chi connectivity index (χ1v) is 12.2. The molecule has 4 aromatic heterocycles. The Hall–Kier alpha value is -4.36. The Labute approximate surface area is 208 Å². The second-order valence-electron chi connectivity index (χ2n) is 9.07. The zero-order valence-electron chi connectivity index (χ0n) is 20.1. The van der Waals surface area contributed by atoms with Gasteiger partial charge in [-0.2, -0.15) is 5.10 Å². The molecule has 0 fully saturated rings. The van der Waals surface area contributed by atoms with Gasteiger partial charge in [0.25, 0.3) is 0 Å². The summed E-state index contributed by atoms with van der Waals surface area (Å²) in [5.74, 6) is 0.692. The lowest BCUT2D eigenvalue weighted by Crippen LogP contribution is -2.30. The van der Waals surface area contributed by atoms with Crippen LogP contribution in [0.5, 0.6) is 5.75 Å². The predicted molar refractivity (Wildman–Crippen MR) is 144 cm³/mol. The van der Waals surface area contributed by atoms with Gasteiger partial charge < -0.3 is 20.4 Å². The number of pyridine rings is 1. The highest BCUT2D eigenvalue weighted by atomic mass is 16.5. The van der Waals surface area contributed by atoms with Crippen LogP contribution in [0, 0.1) is 0 Å². The molecule has 0 aliphatic carbocycles. The minimum absolute atomic E-state index is 0.148. The van der Waals surface area contributed by atoms with Crippen molar-refractivity contribution in [3.8, 4) is 28.3 Å². The summed E-state index contributed by atoms with van der Waals surface area (Å²) in [6, 6.07) is 20.5. The maximum atomic E-state index is 6.47. The molecule has 1 atom stereocenters. The van der Waals surface area contributed by atoms with Gasteiger partial charge in [0.05, 0.1) is 23.1 Å². The number of rotatable bonds is 8. The molecular formula is C29H28N6O. The first-order chi connectivity index (χ1) is 17.7. The molecule has 7 nitrogen and oxygen atoms in total. The summed E-state index contributed by atoms with van der Waals surface area (Å²) in [6.45, 7) is 2.52. The van der Waals surface area contributed by atoms with Gasteiger partial charge in [0.2, 0.25) is 0 Å². The third kappa shape index (κ3) is 4.14. The lowest BCUT2D eigenvalue weighted by atomic mass is 9.99. The van der Waals surface area contributed by atoms with E-state index >= 15 is 0 Å². The van der Waals surface area contributed by atoms with Crippen LogP contribution in [0.4, 0.5) is 0 Å². The summed E-state index contributed by atoms with van der Waals surface area (Å²) in [7, 11) is 0. The van der Waals surface area contributed by atoms with Crippen molar-refractivity contribution < 1.29 is 4.74 Å². The van der Waals surface area contributed by atoms with Crippen LogP contribution >= 0.6 is 0 Å². The lowest BCUT2D eigenvalue weighted by Gasteiger charge is -2.15. The molecule has 36 heavy (non-hydrogen) atoms. The Morgan fingerprint density at radius 3 is 2.78 bits per heavy atom. The molecule has 0 unspecified atom stereocenters. The van der Waals surface area contributed by atoms with Crippen LogP contribution in [0.1, 0.15) is 18.2 Å². The van der Waals surface area contributed by atoms with Crippen LogP contribution in [-0.4, -0.2) is 37.8 Å². The minimum atomic E-state index is -0.148. The topological polar surface area (TPSA) is 108 Å². The van der Waals surface area contributed by atoms with Crippen LogP contribution in [0.2, 0.25) is 0 Å². The van der Waals surface area contributed by atoms with E-state index in [4.69, 9.17) is 15.5 Å². The van der Waals surface area contributed by atoms with Gasteiger partial charge in [-0.15, -0.1) is 0 Å². The lowest BCUT2D eigenvalue weighted by molar-refractivity contribution is 0.287. The second kappa shape index (κ2) is 9.36. The van der Waals surface area contributed by atoms with E-state index in [1.54, 1.807) is 6.20 Å². The zero-order valence-corrected chi connectivity index (χ0v) is 20.1. The summed E-state index contributed by atoms with van der Waals surface area (Å²) in [6.07, 6.45) is 7.32. The number of aromatic amines is 3. The molecule has 0 saturated heterocycles. The Bertz CT molecular complexity index is 1630. The SMILES string of the molecule is CCc1[nH]nc2ccc(-c3cc(OC[C@@H](N)Cc4c[nH]c5ccccc45)cnc3-c3ccc[nH]3)cc12. The number of hydrogen-bond donors (Lipinski definition) is 4. The third-order valence-electron chi connectivity index (χ3n) is 6.63. The normalized spacial score (nSPS) is 12.4. The molecule has 0 aliphatic heterocycles. The van der Waals surface area contributed by atoms with E-state index in [0.717, 1.165) is 57.5 Å². The Morgan fingerprint density at radius 1 is 1.00 bits per heavy atom. The number of nitrogens with two attached hydrogens (primary N) is 1. The first kappa shape index (κ1) is 22.1. The van der Waals surface area contributed by atoms with Gasteiger partial charge in [-0.3, -0.25) is 10.1 Å². The van der Waals surface area contributed by atoms with Crippen molar-refractivity contribution in [2.75, 3.05) is 6.61 Å². The van der Waals surface area contributed by atoms with Crippen LogP contribution in [0.25, 0.3) is 44.3 Å². The average molecular weight is 477 g/mol. The number of nitrogens with one attached hydrogen (secondary N) is 3. The molecule has 0 aliphatic rings. The quantitative estimate of drug-likeness (QED) is 0.229. The van der Waals surface area contributed by atoms with E-state index in [0.29, 0.717) is 12.4 Å². The number of H-pyrrole nitrogens is 3. The number of ether oxygens (including phenoxy) is 1. The first-order valence-electron chi connectivity index (χ1n) is 12.2. The summed E-state index contributed by atoms with van der Waals surface area (Å²) in [5.41, 5.74) is 14.7. The summed E-state index contributed by atoms with van der Waals surface area (Å²) >= 11 is 0. The van der Waals surface area contributed by atoms with Gasteiger partial charge in [0, 0.05) is 46.0 Å². The highest BCUT2D eigenvalue weighted by Gasteiger charge is 2.15. The molecule has 0 bridgehead atoms. The molecule has 6 aromatic rings. The zero-order chi connectivity index (χ0) is 24.5. The Kier molecular flexibility index (Phi) is 5.75. The molecule has 0 spiro atoms. The van der Waals surface area contributed by atoms with Crippen LogP contribution in [0.3, 0.4) is 0 Å². The predicted octanol–water partition coefficient (Wildman–Crippen LogP) is 5.61. The number of aryl methyl sites for hydroxylation is 1. The van der Waals surface area contributed by atoms with Crippen molar-refractivity contribution in [2.24, 2.45) is 5.73 Å². The standard InChI is InChI=1S/C29H28N6O/c1-2-25-24-13-18(9-10-27(24)35-34-25)23-14-21(16-33-29(23)28-8-5-11-31-28)36-17-20(30)12-19-15-32-26-7-4-3-6-22(19)26/h3-11,13-16,20,31-32H,2,12,17,30H2,1H3,(H,34,35)/t20-/m0/s1. The molecule has 2 aromatic carbocycles. The van der Waals surface area contributed by atoms with Crippen molar-refractivity contribution in [3.63, 3.8) is 0 Å². The molecule has 0 amide bonds. The van der Waals surface area contributed by atoms with Crippen LogP contribution in [0.15, 0.2) is 79.3 Å². The van der Waals surface area contributed by atoms with Crippen molar-refractivity contribution in [2.45, 2.75) is 25.8 Å². The summed E-state index contributed by atoms with van der Waals surface area (Å²) in [5, 5.41) is 9.90. The fourth-order valence-electron chi connectivity index (χ4n) is 4.78. The van der Waals surface area contributed by atoms with E-state index in [2.05, 4.69) is 57.4 Å². The average Bonchev–Trinajstić information content (AvgIpc) is 3.67. The van der Waals surface area contributed by atoms with Crippen LogP contribution in [-0.2, 0) is 12.8 Å². The van der Waals surface area contributed by atoms with E-state index < -0.39 is 0 Å². The largest absolute Gasteiger partial charge is 0.490 e. The number of para-hydroxylation sites is 1. The monoisotopic (exact) mass is 476 g/mol. The van der Waals surface area contributed by atoms with Gasteiger partial charge in [0.15, 0.2) is 0 Å². The van der Waals surface area contributed by atoms with E-state index in [-0.39, 0.29) is 6.04 Å². The van der Waals surface area contributed by atoms with Gasteiger partial charge in [0.1, 0.15) is 12.4 Å². The summed E-state index contributed by atoms with van der Waals surface area (Å²) in [4.78, 5) is 11.4. The van der Waals surface area contributed by atoms with E-state index in [1.165, 1.54) is 10.9 Å². The van der Waals surface area contributed by atoms with Crippen LogP contribution < -0.4 is 10.5 Å². The number of aromatic nitrogens is 5. The summed E-state index contributed by atoms with van der Waals surface area (Å²) < 4.78 is 6.15. The van der Waals surface area contributed by atoms with Crippen molar-refractivity contribution in [1.82, 2.24) is 25.1 Å². The Balaban J connectivity index is 1.28. The molecule has 7 heteroatoms. The molecule has 0 saturated carbocycles. The van der Waals surface area contributed by atoms with Gasteiger partial charge in [-0.05, 0) is 60.4 Å². The highest BCUT2D eigenvalue weighted by Crippen LogP contribution is 2.34. The minimum Gasteiger partial charge on any atom is -0.490 e. The number of benzene rings is 2. The molecule has 180 valence electrons. The van der Waals surface area contributed by atoms with E-state index in [1.807, 2.05) is 42.7 Å². The van der Waals surface area contributed by atoms with Gasteiger partial charge in [-0.1, -0.05) is 31.2 Å². The smallest absolute Gasteiger partial charge is 0.138 e. The molecule has 6 rings (SSSR count). The second-order valence-corrected chi connectivity index (χ2v) is 9.07. The number of hydrogen-bond acceptors (Lipinski definition) is 4. The fourth-order valence-corrected chi connectivity index (χ4v) is 4.78. The van der Waals surface area contributed by atoms with Crippen molar-refractivity contribution in [1.29, 1.82) is 0 Å². The van der Waals surface area contributed by atoms with Crippen molar-refractivity contribution in [3.05, 3.63) is 90.5 Å².